The molecule has 0 saturated heterocycles. The van der Waals surface area contributed by atoms with Gasteiger partial charge in [-0.3, -0.25) is 10.1 Å². The van der Waals surface area contributed by atoms with Gasteiger partial charge in [-0.25, -0.2) is 4.79 Å². The van der Waals surface area contributed by atoms with Crippen LogP contribution in [0.4, 0.5) is 5.69 Å². The third kappa shape index (κ3) is 2.88. The zero-order valence-corrected chi connectivity index (χ0v) is 10.8. The first kappa shape index (κ1) is 13.4. The minimum absolute atomic E-state index is 0.161. The monoisotopic (exact) mass is 299 g/mol. The molecule has 0 spiro atoms. The third-order valence-corrected chi connectivity index (χ3v) is 3.62. The molecule has 6 nitrogen and oxygen atoms in total. The molecule has 98 valence electrons. The number of carboxylic acid groups (broad SMARTS) is 1. The number of hydrogen-bond acceptors (Lipinski definition) is 5. The highest BCUT2D eigenvalue weighted by atomic mass is 35.5. The third-order valence-electron chi connectivity index (χ3n) is 2.14. The minimum Gasteiger partial charge on any atom is -0.475 e. The van der Waals surface area contributed by atoms with Gasteiger partial charge in [-0.2, -0.15) is 0 Å². The molecular weight excluding hydrogens is 294 g/mol. The first-order valence-corrected chi connectivity index (χ1v) is 6.12. The molecule has 0 aliphatic heterocycles. The zero-order chi connectivity index (χ0) is 14.0. The summed E-state index contributed by atoms with van der Waals surface area (Å²) in [5.74, 6) is -1.45. The molecular formula is C11H6ClNO5S. The van der Waals surface area contributed by atoms with Crippen LogP contribution in [0.3, 0.4) is 0 Å². The highest BCUT2D eigenvalue weighted by Gasteiger charge is 2.20. The summed E-state index contributed by atoms with van der Waals surface area (Å²) >= 11 is 6.81. The van der Waals surface area contributed by atoms with E-state index < -0.39 is 10.9 Å². The van der Waals surface area contributed by atoms with Crippen molar-refractivity contribution in [3.05, 3.63) is 51.2 Å². The largest absolute Gasteiger partial charge is 0.475 e. The second-order valence-electron chi connectivity index (χ2n) is 3.37. The normalized spacial score (nSPS) is 10.4. The van der Waals surface area contributed by atoms with E-state index in [4.69, 9.17) is 21.1 Å². The SMILES string of the molecule is O=C(O)c1ccc(Sc2c(Cl)cccc2[N+](=O)[O-])o1. The van der Waals surface area contributed by atoms with Gasteiger partial charge < -0.3 is 9.52 Å². The molecule has 0 aliphatic carbocycles. The number of rotatable bonds is 4. The summed E-state index contributed by atoms with van der Waals surface area (Å²) in [5.41, 5.74) is -0.161. The molecule has 8 heteroatoms. The second kappa shape index (κ2) is 5.33. The zero-order valence-electron chi connectivity index (χ0n) is 9.20. The number of carbonyl (C=O) groups is 1. The lowest BCUT2D eigenvalue weighted by molar-refractivity contribution is -0.387. The number of hydrogen-bond donors (Lipinski definition) is 1. The summed E-state index contributed by atoms with van der Waals surface area (Å²) in [7, 11) is 0. The second-order valence-corrected chi connectivity index (χ2v) is 4.79. The maximum atomic E-state index is 10.9. The molecule has 1 aromatic heterocycles. The van der Waals surface area contributed by atoms with Crippen molar-refractivity contribution < 1.29 is 19.2 Å². The predicted octanol–water partition coefficient (Wildman–Crippen LogP) is 3.69. The molecule has 2 aromatic rings. The van der Waals surface area contributed by atoms with Crippen molar-refractivity contribution in [2.75, 3.05) is 0 Å². The molecule has 0 aliphatic rings. The van der Waals surface area contributed by atoms with Gasteiger partial charge in [0.15, 0.2) is 5.09 Å². The summed E-state index contributed by atoms with van der Waals surface area (Å²) in [6.07, 6.45) is 0. The molecule has 1 heterocycles. The highest BCUT2D eigenvalue weighted by Crippen LogP contribution is 2.40. The molecule has 0 bridgehead atoms. The fraction of sp³-hybridized carbons (Fsp3) is 0. The van der Waals surface area contributed by atoms with Gasteiger partial charge in [0.1, 0.15) is 4.90 Å². The maximum absolute atomic E-state index is 10.9. The average molecular weight is 300 g/mol. The van der Waals surface area contributed by atoms with Crippen molar-refractivity contribution in [2.24, 2.45) is 0 Å². The molecule has 0 unspecified atom stereocenters. The molecule has 0 saturated carbocycles. The van der Waals surface area contributed by atoms with E-state index in [2.05, 4.69) is 0 Å². The molecule has 0 radical (unpaired) electrons. The van der Waals surface area contributed by atoms with Crippen molar-refractivity contribution in [2.45, 2.75) is 9.99 Å². The fourth-order valence-electron chi connectivity index (χ4n) is 1.33. The Hall–Kier alpha value is -1.99. The maximum Gasteiger partial charge on any atom is 0.371 e. The lowest BCUT2D eigenvalue weighted by Crippen LogP contribution is -1.92. The van der Waals surface area contributed by atoms with Crippen LogP contribution in [-0.4, -0.2) is 16.0 Å². The Labute approximate surface area is 116 Å². The van der Waals surface area contributed by atoms with Crippen LogP contribution in [0.2, 0.25) is 5.02 Å². The summed E-state index contributed by atoms with van der Waals surface area (Å²) in [5, 5.41) is 20.0. The first-order valence-electron chi connectivity index (χ1n) is 4.93. The molecule has 0 fully saturated rings. The quantitative estimate of drug-likeness (QED) is 0.683. The van der Waals surface area contributed by atoms with Crippen LogP contribution in [0.1, 0.15) is 10.6 Å². The van der Waals surface area contributed by atoms with E-state index >= 15 is 0 Å². The van der Waals surface area contributed by atoms with Crippen molar-refractivity contribution in [3.63, 3.8) is 0 Å². The molecule has 1 N–H and O–H groups in total. The van der Waals surface area contributed by atoms with Gasteiger partial charge in [0, 0.05) is 6.07 Å². The van der Waals surface area contributed by atoms with Crippen LogP contribution >= 0.6 is 23.4 Å². The Morgan fingerprint density at radius 1 is 1.37 bits per heavy atom. The summed E-state index contributed by atoms with van der Waals surface area (Å²) in [6, 6.07) is 6.98. The van der Waals surface area contributed by atoms with Crippen molar-refractivity contribution >= 4 is 35.0 Å². The number of nitrogens with zero attached hydrogens (tertiary/aromatic N) is 1. The average Bonchev–Trinajstić information content (AvgIpc) is 2.80. The lowest BCUT2D eigenvalue weighted by Gasteiger charge is -2.02. The Morgan fingerprint density at radius 3 is 2.68 bits per heavy atom. The van der Waals surface area contributed by atoms with Crippen LogP contribution < -0.4 is 0 Å². The molecule has 1 aromatic carbocycles. The molecule has 2 rings (SSSR count). The summed E-state index contributed by atoms with van der Waals surface area (Å²) in [6.45, 7) is 0. The van der Waals surface area contributed by atoms with Gasteiger partial charge in [0.05, 0.1) is 9.95 Å². The van der Waals surface area contributed by atoms with E-state index in [0.717, 1.165) is 11.8 Å². The van der Waals surface area contributed by atoms with Gasteiger partial charge >= 0.3 is 5.97 Å². The Morgan fingerprint density at radius 2 is 2.11 bits per heavy atom. The van der Waals surface area contributed by atoms with Gasteiger partial charge in [-0.1, -0.05) is 17.7 Å². The number of benzene rings is 1. The summed E-state index contributed by atoms with van der Waals surface area (Å²) < 4.78 is 5.02. The fourth-order valence-corrected chi connectivity index (χ4v) is 2.50. The highest BCUT2D eigenvalue weighted by molar-refractivity contribution is 7.99. The topological polar surface area (TPSA) is 93.6 Å². The number of nitro benzene ring substituents is 1. The van der Waals surface area contributed by atoms with Crippen LogP contribution in [0.15, 0.2) is 44.7 Å². The van der Waals surface area contributed by atoms with E-state index in [-0.39, 0.29) is 26.5 Å². The van der Waals surface area contributed by atoms with E-state index in [1.54, 1.807) is 0 Å². The van der Waals surface area contributed by atoms with Gasteiger partial charge in [0.25, 0.3) is 5.69 Å². The van der Waals surface area contributed by atoms with Crippen LogP contribution in [-0.2, 0) is 0 Å². The van der Waals surface area contributed by atoms with E-state index in [9.17, 15) is 14.9 Å². The van der Waals surface area contributed by atoms with Crippen molar-refractivity contribution in [1.82, 2.24) is 0 Å². The van der Waals surface area contributed by atoms with E-state index in [1.807, 2.05) is 0 Å². The number of nitro groups is 1. The number of aromatic carboxylic acids is 1. The van der Waals surface area contributed by atoms with Gasteiger partial charge in [0.2, 0.25) is 5.76 Å². The van der Waals surface area contributed by atoms with Gasteiger partial charge in [-0.15, -0.1) is 0 Å². The van der Waals surface area contributed by atoms with Crippen LogP contribution in [0.5, 0.6) is 0 Å². The van der Waals surface area contributed by atoms with Gasteiger partial charge in [-0.05, 0) is 30.0 Å². The Kier molecular flexibility index (Phi) is 3.77. The van der Waals surface area contributed by atoms with Crippen LogP contribution in [0, 0.1) is 10.1 Å². The van der Waals surface area contributed by atoms with E-state index in [0.29, 0.717) is 0 Å². The smallest absolute Gasteiger partial charge is 0.371 e. The number of furan rings is 1. The van der Waals surface area contributed by atoms with Crippen LogP contribution in [0.25, 0.3) is 0 Å². The number of carboxylic acids is 1. The molecule has 0 atom stereocenters. The van der Waals surface area contributed by atoms with Crippen molar-refractivity contribution in [3.8, 4) is 0 Å². The minimum atomic E-state index is -1.21. The summed E-state index contributed by atoms with van der Waals surface area (Å²) in [4.78, 5) is 21.2. The first-order chi connectivity index (χ1) is 8.99. The Balaban J connectivity index is 2.37. The van der Waals surface area contributed by atoms with E-state index in [1.165, 1.54) is 30.3 Å². The lowest BCUT2D eigenvalue weighted by atomic mass is 10.3. The Bertz CT molecular complexity index is 654. The van der Waals surface area contributed by atoms with Crippen molar-refractivity contribution in [1.29, 1.82) is 0 Å². The predicted molar refractivity (Wildman–Crippen MR) is 67.9 cm³/mol. The molecule has 0 amide bonds. The standard InChI is InChI=1S/C11H6ClNO5S/c12-6-2-1-3-7(13(16)17)10(6)19-9-5-4-8(18-9)11(14)15/h1-5H,(H,14,15). The molecule has 19 heavy (non-hydrogen) atoms. The number of halogens is 1.